The molecule has 2 unspecified atom stereocenters. The van der Waals surface area contributed by atoms with E-state index in [4.69, 9.17) is 0 Å². The van der Waals surface area contributed by atoms with E-state index in [0.717, 1.165) is 18.4 Å². The summed E-state index contributed by atoms with van der Waals surface area (Å²) in [6.07, 6.45) is 7.26. The van der Waals surface area contributed by atoms with Gasteiger partial charge in [-0.25, -0.2) is 17.6 Å². The van der Waals surface area contributed by atoms with E-state index in [1.807, 2.05) is 32.1 Å². The second kappa shape index (κ2) is 9.80. The molecule has 162 valence electrons. The van der Waals surface area contributed by atoms with Crippen LogP contribution in [0.3, 0.4) is 0 Å². The Morgan fingerprint density at radius 1 is 0.967 bits per heavy atom. The first-order valence-corrected chi connectivity index (χ1v) is 10.9. The minimum Gasteiger partial charge on any atom is -0.206 e. The van der Waals surface area contributed by atoms with Crippen LogP contribution in [0.15, 0.2) is 48.6 Å². The van der Waals surface area contributed by atoms with Crippen LogP contribution in [-0.4, -0.2) is 5.92 Å². The molecule has 0 aliphatic heterocycles. The molecule has 1 aliphatic rings. The maximum Gasteiger partial charge on any atom is 0.255 e. The highest BCUT2D eigenvalue weighted by Crippen LogP contribution is 2.50. The predicted molar refractivity (Wildman–Crippen MR) is 114 cm³/mol. The van der Waals surface area contributed by atoms with Gasteiger partial charge in [0.05, 0.1) is 0 Å². The molecule has 2 atom stereocenters. The molecule has 0 nitrogen and oxygen atoms in total. The molecule has 0 heterocycles. The van der Waals surface area contributed by atoms with Crippen LogP contribution in [0.4, 0.5) is 17.6 Å². The van der Waals surface area contributed by atoms with Gasteiger partial charge in [-0.2, -0.15) is 0 Å². The van der Waals surface area contributed by atoms with Crippen LogP contribution >= 0.6 is 0 Å². The number of rotatable bonds is 7. The minimum atomic E-state index is -2.96. The average molecular weight is 419 g/mol. The average Bonchev–Trinajstić information content (AvgIpc) is 2.72. The van der Waals surface area contributed by atoms with Crippen molar-refractivity contribution in [3.05, 3.63) is 82.4 Å². The molecule has 1 saturated carbocycles. The van der Waals surface area contributed by atoms with Crippen molar-refractivity contribution in [3.63, 3.8) is 0 Å². The van der Waals surface area contributed by atoms with Gasteiger partial charge >= 0.3 is 0 Å². The third-order valence-corrected chi connectivity index (χ3v) is 6.20. The molecule has 30 heavy (non-hydrogen) atoms. The van der Waals surface area contributed by atoms with Crippen molar-refractivity contribution < 1.29 is 17.6 Å². The first kappa shape index (κ1) is 22.6. The lowest BCUT2D eigenvalue weighted by Gasteiger charge is -2.36. The molecule has 0 aromatic heterocycles. The Balaban J connectivity index is 1.74. The number of halogens is 4. The molecule has 4 heteroatoms. The summed E-state index contributed by atoms with van der Waals surface area (Å²) in [7, 11) is 0. The van der Waals surface area contributed by atoms with Crippen LogP contribution in [0.1, 0.15) is 80.0 Å². The third-order valence-electron chi connectivity index (χ3n) is 6.20. The van der Waals surface area contributed by atoms with Crippen LogP contribution < -0.4 is 0 Å². The molecular formula is C26H30F4. The molecule has 1 fully saturated rings. The molecule has 3 rings (SSSR count). The SMILES string of the molecule is C/C=C/CCc1ccc(C2CCC(c3ccc(CCC)c(F)c3F)CC2(F)F)cc1. The monoisotopic (exact) mass is 418 g/mol. The molecule has 2 aromatic rings. The molecule has 2 aromatic carbocycles. The number of allylic oxidation sites excluding steroid dienone is 2. The van der Waals surface area contributed by atoms with Gasteiger partial charge in [0.25, 0.3) is 5.92 Å². The van der Waals surface area contributed by atoms with E-state index in [-0.39, 0.29) is 12.0 Å². The predicted octanol–water partition coefficient (Wildman–Crippen LogP) is 8.11. The van der Waals surface area contributed by atoms with E-state index in [1.165, 1.54) is 6.07 Å². The Morgan fingerprint density at radius 3 is 2.33 bits per heavy atom. The Morgan fingerprint density at radius 2 is 1.70 bits per heavy atom. The molecule has 0 amide bonds. The maximum atomic E-state index is 15.0. The lowest BCUT2D eigenvalue weighted by atomic mass is 9.73. The highest BCUT2D eigenvalue weighted by molar-refractivity contribution is 5.32. The van der Waals surface area contributed by atoms with Crippen molar-refractivity contribution in [1.82, 2.24) is 0 Å². The Labute approximate surface area is 177 Å². The largest absolute Gasteiger partial charge is 0.255 e. The van der Waals surface area contributed by atoms with E-state index in [1.54, 1.807) is 18.2 Å². The number of alkyl halides is 2. The van der Waals surface area contributed by atoms with Gasteiger partial charge in [0.2, 0.25) is 0 Å². The molecule has 0 N–H and O–H groups in total. The van der Waals surface area contributed by atoms with Gasteiger partial charge in [-0.3, -0.25) is 0 Å². The lowest BCUT2D eigenvalue weighted by Crippen LogP contribution is -2.33. The summed E-state index contributed by atoms with van der Waals surface area (Å²) < 4.78 is 59.0. The molecule has 1 aliphatic carbocycles. The van der Waals surface area contributed by atoms with Crippen molar-refractivity contribution in [2.45, 2.75) is 76.6 Å². The Bertz CT molecular complexity index is 867. The molecule has 0 radical (unpaired) electrons. The fourth-order valence-electron chi connectivity index (χ4n) is 4.54. The van der Waals surface area contributed by atoms with Gasteiger partial charge in [0.15, 0.2) is 11.6 Å². The van der Waals surface area contributed by atoms with E-state index in [2.05, 4.69) is 6.08 Å². The highest BCUT2D eigenvalue weighted by Gasteiger charge is 2.46. The third kappa shape index (κ3) is 4.96. The summed E-state index contributed by atoms with van der Waals surface area (Å²) in [6.45, 7) is 3.86. The standard InChI is InChI=1S/C26H30F4/c1-3-5-6-8-18-9-11-19(12-10-18)23-16-14-21(17-26(23,29)30)22-15-13-20(7-4-2)24(27)25(22)28/h3,5,9-13,15,21,23H,4,6-8,14,16-17H2,1-2H3/b5-3+. The van der Waals surface area contributed by atoms with Gasteiger partial charge in [0, 0.05) is 12.3 Å². The zero-order chi connectivity index (χ0) is 21.7. The zero-order valence-electron chi connectivity index (χ0n) is 17.7. The topological polar surface area (TPSA) is 0 Å². The first-order valence-electron chi connectivity index (χ1n) is 10.9. The number of benzene rings is 2. The van der Waals surface area contributed by atoms with Crippen molar-refractivity contribution in [2.75, 3.05) is 0 Å². The van der Waals surface area contributed by atoms with E-state index >= 15 is 8.78 Å². The summed E-state index contributed by atoms with van der Waals surface area (Å²) in [6, 6.07) is 10.5. The van der Waals surface area contributed by atoms with Gasteiger partial charge in [0.1, 0.15) is 0 Å². The van der Waals surface area contributed by atoms with Gasteiger partial charge in [-0.1, -0.05) is 61.9 Å². The van der Waals surface area contributed by atoms with Gasteiger partial charge in [-0.05, 0) is 67.2 Å². The normalized spacial score (nSPS) is 21.3. The first-order chi connectivity index (χ1) is 14.4. The Hall–Kier alpha value is -2.10. The number of hydrogen-bond acceptors (Lipinski definition) is 0. The number of hydrogen-bond donors (Lipinski definition) is 0. The van der Waals surface area contributed by atoms with Crippen LogP contribution in [0, 0.1) is 11.6 Å². The van der Waals surface area contributed by atoms with E-state index in [9.17, 15) is 8.78 Å². The smallest absolute Gasteiger partial charge is 0.206 e. The van der Waals surface area contributed by atoms with Crippen molar-refractivity contribution in [1.29, 1.82) is 0 Å². The van der Waals surface area contributed by atoms with Crippen molar-refractivity contribution >= 4 is 0 Å². The minimum absolute atomic E-state index is 0.0878. The highest BCUT2D eigenvalue weighted by atomic mass is 19.3. The summed E-state index contributed by atoms with van der Waals surface area (Å²) in [5, 5.41) is 0. The summed E-state index contributed by atoms with van der Waals surface area (Å²) >= 11 is 0. The summed E-state index contributed by atoms with van der Waals surface area (Å²) in [4.78, 5) is 0. The van der Waals surface area contributed by atoms with E-state index < -0.39 is 35.8 Å². The molecule has 0 spiro atoms. The van der Waals surface area contributed by atoms with Crippen LogP contribution in [0.5, 0.6) is 0 Å². The van der Waals surface area contributed by atoms with Crippen molar-refractivity contribution in [2.24, 2.45) is 0 Å². The van der Waals surface area contributed by atoms with Crippen LogP contribution in [0.25, 0.3) is 0 Å². The van der Waals surface area contributed by atoms with Crippen LogP contribution in [0.2, 0.25) is 0 Å². The molecule has 0 saturated heterocycles. The fourth-order valence-corrected chi connectivity index (χ4v) is 4.54. The number of aryl methyl sites for hydroxylation is 2. The summed E-state index contributed by atoms with van der Waals surface area (Å²) in [5.74, 6) is -6.34. The van der Waals surface area contributed by atoms with Gasteiger partial charge < -0.3 is 0 Å². The second-order valence-corrected chi connectivity index (χ2v) is 8.33. The second-order valence-electron chi connectivity index (χ2n) is 8.33. The fraction of sp³-hybridized carbons (Fsp3) is 0.462. The van der Waals surface area contributed by atoms with Crippen molar-refractivity contribution in [3.8, 4) is 0 Å². The quantitative estimate of drug-likeness (QED) is 0.315. The lowest BCUT2D eigenvalue weighted by molar-refractivity contribution is -0.0618. The Kier molecular flexibility index (Phi) is 7.38. The maximum absolute atomic E-state index is 15.0. The zero-order valence-corrected chi connectivity index (χ0v) is 17.7. The molecular weight excluding hydrogens is 388 g/mol. The van der Waals surface area contributed by atoms with E-state index in [0.29, 0.717) is 30.4 Å². The van der Waals surface area contributed by atoms with Crippen LogP contribution in [-0.2, 0) is 12.8 Å². The van der Waals surface area contributed by atoms with Gasteiger partial charge in [-0.15, -0.1) is 0 Å². The summed E-state index contributed by atoms with van der Waals surface area (Å²) in [5.41, 5.74) is 2.15. The molecule has 0 bridgehead atoms.